The van der Waals surface area contributed by atoms with Crippen molar-refractivity contribution >= 4 is 34.2 Å². The second kappa shape index (κ2) is 8.48. The maximum Gasteiger partial charge on any atom is 0.326 e. The predicted molar refractivity (Wildman–Crippen MR) is 99.4 cm³/mol. The molecule has 0 spiro atoms. The van der Waals surface area contributed by atoms with Gasteiger partial charge in [0.2, 0.25) is 0 Å². The molecule has 26 heavy (non-hydrogen) atoms. The average Bonchev–Trinajstić information content (AvgIpc) is 3.26. The molecule has 2 N–H and O–H groups in total. The molecule has 1 amide bonds. The Morgan fingerprint density at radius 3 is 2.85 bits per heavy atom. The van der Waals surface area contributed by atoms with Crippen molar-refractivity contribution in [2.24, 2.45) is 0 Å². The molecule has 0 aliphatic rings. The monoisotopic (exact) mass is 373 g/mol. The van der Waals surface area contributed by atoms with Gasteiger partial charge in [0.05, 0.1) is 28.9 Å². The molecule has 7 nitrogen and oxygen atoms in total. The molecule has 0 unspecified atom stereocenters. The van der Waals surface area contributed by atoms with Crippen molar-refractivity contribution in [3.05, 3.63) is 57.1 Å². The Morgan fingerprint density at radius 1 is 1.19 bits per heavy atom. The number of fused-ring (bicyclic) bond motifs is 1. The normalized spacial score (nSPS) is 10.8. The Kier molecular flexibility index (Phi) is 5.85. The van der Waals surface area contributed by atoms with Gasteiger partial charge in [0, 0.05) is 13.1 Å². The van der Waals surface area contributed by atoms with E-state index in [4.69, 9.17) is 4.74 Å². The van der Waals surface area contributed by atoms with E-state index in [0.717, 1.165) is 11.0 Å². The quantitative estimate of drug-likeness (QED) is 0.467. The number of ether oxygens (including phenoxy) is 1. The number of rotatable bonds is 8. The summed E-state index contributed by atoms with van der Waals surface area (Å²) in [5, 5.41) is 4.50. The molecule has 3 rings (SSSR count). The van der Waals surface area contributed by atoms with Crippen molar-refractivity contribution in [3.8, 4) is 0 Å². The number of nitrogens with zero attached hydrogens (tertiary/aromatic N) is 1. The third-order valence-corrected chi connectivity index (χ3v) is 4.70. The van der Waals surface area contributed by atoms with Crippen molar-refractivity contribution in [1.29, 1.82) is 0 Å². The third kappa shape index (κ3) is 4.40. The van der Waals surface area contributed by atoms with E-state index >= 15 is 0 Å². The van der Waals surface area contributed by atoms with Crippen LogP contribution in [0, 0.1) is 0 Å². The summed E-state index contributed by atoms with van der Waals surface area (Å²) in [7, 11) is 0. The summed E-state index contributed by atoms with van der Waals surface area (Å²) < 4.78 is 6.78. The highest BCUT2D eigenvalue weighted by Gasteiger charge is 2.09. The van der Waals surface area contributed by atoms with Gasteiger partial charge in [0.15, 0.2) is 0 Å². The Balaban J connectivity index is 1.37. The lowest BCUT2D eigenvalue weighted by molar-refractivity contribution is -0.143. The summed E-state index contributed by atoms with van der Waals surface area (Å²) in [4.78, 5) is 38.8. The molecule has 1 aromatic carbocycles. The highest BCUT2D eigenvalue weighted by atomic mass is 32.1. The second-order valence-electron chi connectivity index (χ2n) is 5.66. The number of H-pyrrole nitrogens is 1. The Hall–Kier alpha value is -2.87. The number of thiophene rings is 1. The van der Waals surface area contributed by atoms with Crippen LogP contribution in [-0.4, -0.2) is 34.6 Å². The van der Waals surface area contributed by atoms with Crippen LogP contribution in [0.5, 0.6) is 0 Å². The standard InChI is InChI=1S/C18H19N3O4S/c22-16(8-9-19-17(23)15-7-3-12-26-15)25-11-4-10-21-14-6-2-1-5-13(14)20-18(21)24/h1-3,5-7,12H,4,8-11H2,(H,19,23)(H,20,24). The number of aromatic amines is 1. The molecule has 0 atom stereocenters. The van der Waals surface area contributed by atoms with Crippen molar-refractivity contribution in [2.75, 3.05) is 13.2 Å². The zero-order valence-corrected chi connectivity index (χ0v) is 14.9. The van der Waals surface area contributed by atoms with Crippen LogP contribution in [0.1, 0.15) is 22.5 Å². The molecule has 0 saturated carbocycles. The number of para-hydroxylation sites is 2. The van der Waals surface area contributed by atoms with E-state index in [1.54, 1.807) is 16.7 Å². The number of esters is 1. The highest BCUT2D eigenvalue weighted by molar-refractivity contribution is 7.12. The minimum Gasteiger partial charge on any atom is -0.466 e. The van der Waals surface area contributed by atoms with Crippen LogP contribution in [-0.2, 0) is 16.1 Å². The van der Waals surface area contributed by atoms with Gasteiger partial charge in [-0.25, -0.2) is 4.79 Å². The SMILES string of the molecule is O=C(CCNC(=O)c1cccs1)OCCCn1c(=O)[nH]c2ccccc21. The topological polar surface area (TPSA) is 93.2 Å². The summed E-state index contributed by atoms with van der Waals surface area (Å²) in [5.41, 5.74) is 1.45. The van der Waals surface area contributed by atoms with Crippen LogP contribution in [0.2, 0.25) is 0 Å². The second-order valence-corrected chi connectivity index (χ2v) is 6.60. The predicted octanol–water partition coefficient (Wildman–Crippen LogP) is 2.14. The number of imidazole rings is 1. The summed E-state index contributed by atoms with van der Waals surface area (Å²) in [6.45, 7) is 0.923. The first kappa shape index (κ1) is 17.9. The van der Waals surface area contributed by atoms with E-state index in [2.05, 4.69) is 10.3 Å². The highest BCUT2D eigenvalue weighted by Crippen LogP contribution is 2.09. The smallest absolute Gasteiger partial charge is 0.326 e. The van der Waals surface area contributed by atoms with Crippen LogP contribution in [0.4, 0.5) is 0 Å². The molecule has 2 aromatic heterocycles. The molecule has 0 aliphatic carbocycles. The molecular formula is C18H19N3O4S. The number of benzene rings is 1. The number of hydrogen-bond donors (Lipinski definition) is 2. The van der Waals surface area contributed by atoms with Crippen molar-refractivity contribution in [2.45, 2.75) is 19.4 Å². The van der Waals surface area contributed by atoms with Gasteiger partial charge in [-0.15, -0.1) is 11.3 Å². The van der Waals surface area contributed by atoms with Crippen molar-refractivity contribution in [1.82, 2.24) is 14.9 Å². The van der Waals surface area contributed by atoms with Crippen LogP contribution >= 0.6 is 11.3 Å². The van der Waals surface area contributed by atoms with Crippen LogP contribution < -0.4 is 11.0 Å². The lowest BCUT2D eigenvalue weighted by Crippen LogP contribution is -2.26. The molecule has 0 fully saturated rings. The lowest BCUT2D eigenvalue weighted by atomic mass is 10.3. The zero-order valence-electron chi connectivity index (χ0n) is 14.1. The first-order valence-corrected chi connectivity index (χ1v) is 9.18. The Labute approximate surface area is 153 Å². The summed E-state index contributed by atoms with van der Waals surface area (Å²) in [6.07, 6.45) is 0.652. The molecule has 136 valence electrons. The van der Waals surface area contributed by atoms with Gasteiger partial charge in [0.1, 0.15) is 0 Å². The molecule has 8 heteroatoms. The van der Waals surface area contributed by atoms with E-state index in [0.29, 0.717) is 17.8 Å². The number of nitrogens with one attached hydrogen (secondary N) is 2. The maximum absolute atomic E-state index is 11.9. The first-order valence-electron chi connectivity index (χ1n) is 8.30. The van der Waals surface area contributed by atoms with E-state index < -0.39 is 0 Å². The van der Waals surface area contributed by atoms with Gasteiger partial charge in [-0.2, -0.15) is 0 Å². The van der Waals surface area contributed by atoms with E-state index in [9.17, 15) is 14.4 Å². The largest absolute Gasteiger partial charge is 0.466 e. The molecule has 3 aromatic rings. The summed E-state index contributed by atoms with van der Waals surface area (Å²) >= 11 is 1.35. The third-order valence-electron chi connectivity index (χ3n) is 3.83. The summed E-state index contributed by atoms with van der Waals surface area (Å²) in [6, 6.07) is 11.0. The molecular weight excluding hydrogens is 354 g/mol. The number of amides is 1. The molecule has 0 saturated heterocycles. The van der Waals surface area contributed by atoms with Gasteiger partial charge < -0.3 is 15.0 Å². The number of aromatic nitrogens is 2. The minimum atomic E-state index is -0.372. The lowest BCUT2D eigenvalue weighted by Gasteiger charge is -2.06. The fourth-order valence-electron chi connectivity index (χ4n) is 2.58. The fraction of sp³-hybridized carbons (Fsp3) is 0.278. The Morgan fingerprint density at radius 2 is 2.04 bits per heavy atom. The van der Waals surface area contributed by atoms with Gasteiger partial charge >= 0.3 is 11.7 Å². The van der Waals surface area contributed by atoms with Gasteiger partial charge in [-0.05, 0) is 30.0 Å². The van der Waals surface area contributed by atoms with Gasteiger partial charge in [0.25, 0.3) is 5.91 Å². The number of carbonyl (C=O) groups excluding carboxylic acids is 2. The number of aryl methyl sites for hydroxylation is 1. The van der Waals surface area contributed by atoms with Crippen LogP contribution in [0.15, 0.2) is 46.6 Å². The number of carbonyl (C=O) groups is 2. The zero-order chi connectivity index (χ0) is 18.4. The molecule has 0 aliphatic heterocycles. The fourth-order valence-corrected chi connectivity index (χ4v) is 3.22. The average molecular weight is 373 g/mol. The molecule has 2 heterocycles. The van der Waals surface area contributed by atoms with E-state index in [-0.39, 0.29) is 37.1 Å². The molecule has 0 radical (unpaired) electrons. The van der Waals surface area contributed by atoms with Gasteiger partial charge in [-0.1, -0.05) is 18.2 Å². The van der Waals surface area contributed by atoms with E-state index in [1.165, 1.54) is 11.3 Å². The maximum atomic E-state index is 11.9. The minimum absolute atomic E-state index is 0.115. The van der Waals surface area contributed by atoms with Crippen molar-refractivity contribution in [3.63, 3.8) is 0 Å². The van der Waals surface area contributed by atoms with Gasteiger partial charge in [-0.3, -0.25) is 14.2 Å². The van der Waals surface area contributed by atoms with Crippen LogP contribution in [0.25, 0.3) is 11.0 Å². The molecule has 0 bridgehead atoms. The number of hydrogen-bond acceptors (Lipinski definition) is 5. The van der Waals surface area contributed by atoms with Crippen molar-refractivity contribution < 1.29 is 14.3 Å². The van der Waals surface area contributed by atoms with Crippen LogP contribution in [0.3, 0.4) is 0 Å². The Bertz CT molecular complexity index is 943. The summed E-state index contributed by atoms with van der Waals surface area (Å²) in [5.74, 6) is -0.561. The first-order chi connectivity index (χ1) is 12.6. The van der Waals surface area contributed by atoms with E-state index in [1.807, 2.05) is 29.6 Å².